The molecule has 0 amide bonds. The lowest BCUT2D eigenvalue weighted by Crippen LogP contribution is -2.27. The molecule has 0 saturated carbocycles. The average molecular weight is 362 g/mol. The smallest absolute Gasteiger partial charge is 0.258 e. The van der Waals surface area contributed by atoms with Crippen molar-refractivity contribution in [3.63, 3.8) is 0 Å². The highest BCUT2D eigenvalue weighted by atomic mass is 32.2. The Kier molecular flexibility index (Phi) is 5.29. The largest absolute Gasteiger partial charge is 0.273 e. The molecule has 6 nitrogen and oxygen atoms in total. The second-order valence-corrected chi connectivity index (χ2v) is 8.06. The molecule has 0 spiro atoms. The van der Waals surface area contributed by atoms with Gasteiger partial charge in [0.25, 0.3) is 5.69 Å². The van der Waals surface area contributed by atoms with E-state index in [1.165, 1.54) is 12.1 Å². The Labute approximate surface area is 148 Å². The van der Waals surface area contributed by atoms with E-state index < -0.39 is 21.0 Å². The lowest BCUT2D eigenvalue weighted by Gasteiger charge is -2.18. The van der Waals surface area contributed by atoms with Gasteiger partial charge in [-0.05, 0) is 62.9 Å². The van der Waals surface area contributed by atoms with E-state index >= 15 is 0 Å². The van der Waals surface area contributed by atoms with Crippen LogP contribution in [-0.2, 0) is 10.0 Å². The van der Waals surface area contributed by atoms with Gasteiger partial charge in [0.15, 0.2) is 0 Å². The maximum atomic E-state index is 12.6. The van der Waals surface area contributed by atoms with Crippen molar-refractivity contribution < 1.29 is 13.3 Å². The standard InChI is InChI=1S/C18H22N2O4S/c1-11-6-7-16(10-18(11)20(21)22)25(23,24)19-15(5)17-9-13(3)12(2)8-14(17)4/h6-10,15,19H,1-5H3/t15-/m0/s1. The van der Waals surface area contributed by atoms with Gasteiger partial charge in [-0.1, -0.05) is 18.2 Å². The van der Waals surface area contributed by atoms with E-state index in [0.29, 0.717) is 5.56 Å². The number of nitro benzene ring substituents is 1. The first-order chi connectivity index (χ1) is 11.5. The molecule has 0 fully saturated rings. The Balaban J connectivity index is 2.37. The molecule has 0 aromatic heterocycles. The molecular formula is C18H22N2O4S. The second kappa shape index (κ2) is 6.93. The predicted octanol–water partition coefficient (Wildman–Crippen LogP) is 3.87. The number of hydrogen-bond donors (Lipinski definition) is 1. The fourth-order valence-corrected chi connectivity index (χ4v) is 4.01. The van der Waals surface area contributed by atoms with Crippen molar-refractivity contribution in [2.75, 3.05) is 0 Å². The minimum Gasteiger partial charge on any atom is -0.258 e. The van der Waals surface area contributed by atoms with Crippen molar-refractivity contribution in [2.45, 2.75) is 45.6 Å². The van der Waals surface area contributed by atoms with Crippen molar-refractivity contribution in [3.05, 3.63) is 68.3 Å². The van der Waals surface area contributed by atoms with Crippen molar-refractivity contribution in [3.8, 4) is 0 Å². The summed E-state index contributed by atoms with van der Waals surface area (Å²) in [4.78, 5) is 10.4. The summed E-state index contributed by atoms with van der Waals surface area (Å²) in [7, 11) is -3.87. The molecule has 25 heavy (non-hydrogen) atoms. The van der Waals surface area contributed by atoms with Gasteiger partial charge in [0.1, 0.15) is 0 Å². The number of sulfonamides is 1. The van der Waals surface area contributed by atoms with Crippen LogP contribution in [0.25, 0.3) is 0 Å². The summed E-state index contributed by atoms with van der Waals surface area (Å²) >= 11 is 0. The monoisotopic (exact) mass is 362 g/mol. The first-order valence-corrected chi connectivity index (χ1v) is 9.36. The van der Waals surface area contributed by atoms with Gasteiger partial charge in [0.05, 0.1) is 9.82 Å². The van der Waals surface area contributed by atoms with Gasteiger partial charge in [-0.25, -0.2) is 13.1 Å². The molecule has 0 aliphatic heterocycles. The number of nitro groups is 1. The van der Waals surface area contributed by atoms with Crippen LogP contribution < -0.4 is 4.72 Å². The molecule has 0 unspecified atom stereocenters. The number of hydrogen-bond acceptors (Lipinski definition) is 4. The minimum absolute atomic E-state index is 0.113. The van der Waals surface area contributed by atoms with E-state index in [1.807, 2.05) is 32.9 Å². The maximum Gasteiger partial charge on any atom is 0.273 e. The highest BCUT2D eigenvalue weighted by molar-refractivity contribution is 7.89. The Hall–Kier alpha value is -2.25. The molecule has 0 bridgehead atoms. The summed E-state index contributed by atoms with van der Waals surface area (Å²) in [6.45, 7) is 9.25. The van der Waals surface area contributed by atoms with E-state index in [-0.39, 0.29) is 10.6 Å². The van der Waals surface area contributed by atoms with Crippen LogP contribution in [0.4, 0.5) is 5.69 Å². The third kappa shape index (κ3) is 4.05. The Morgan fingerprint density at radius 3 is 2.16 bits per heavy atom. The Morgan fingerprint density at radius 1 is 0.960 bits per heavy atom. The van der Waals surface area contributed by atoms with E-state index in [4.69, 9.17) is 0 Å². The fraction of sp³-hybridized carbons (Fsp3) is 0.333. The number of nitrogens with one attached hydrogen (secondary N) is 1. The van der Waals surface area contributed by atoms with Crippen LogP contribution in [0.2, 0.25) is 0 Å². The van der Waals surface area contributed by atoms with Crippen molar-refractivity contribution >= 4 is 15.7 Å². The van der Waals surface area contributed by atoms with Gasteiger partial charge in [0.2, 0.25) is 10.0 Å². The van der Waals surface area contributed by atoms with Gasteiger partial charge in [0, 0.05) is 17.7 Å². The number of nitrogens with zero attached hydrogens (tertiary/aromatic N) is 1. The summed E-state index contributed by atoms with van der Waals surface area (Å²) in [6.07, 6.45) is 0. The molecule has 1 N–H and O–H groups in total. The molecule has 1 atom stereocenters. The van der Waals surface area contributed by atoms with Gasteiger partial charge in [-0.2, -0.15) is 0 Å². The molecule has 0 saturated heterocycles. The van der Waals surface area contributed by atoms with E-state index in [2.05, 4.69) is 4.72 Å². The number of benzene rings is 2. The first kappa shape index (κ1) is 19.1. The van der Waals surface area contributed by atoms with Gasteiger partial charge >= 0.3 is 0 Å². The lowest BCUT2D eigenvalue weighted by molar-refractivity contribution is -0.385. The lowest BCUT2D eigenvalue weighted by atomic mass is 9.97. The summed E-state index contributed by atoms with van der Waals surface area (Å²) in [5, 5.41) is 11.0. The van der Waals surface area contributed by atoms with Crippen LogP contribution in [0.1, 0.15) is 40.8 Å². The SMILES string of the molecule is Cc1cc(C)c([C@H](C)NS(=O)(=O)c2ccc(C)c([N+](=O)[O-])c2)cc1C. The zero-order chi connectivity index (χ0) is 18.9. The van der Waals surface area contributed by atoms with Crippen LogP contribution in [0.15, 0.2) is 35.2 Å². The zero-order valence-corrected chi connectivity index (χ0v) is 15.8. The quantitative estimate of drug-likeness (QED) is 0.646. The zero-order valence-electron chi connectivity index (χ0n) is 15.0. The topological polar surface area (TPSA) is 89.3 Å². The summed E-state index contributed by atoms with van der Waals surface area (Å²) in [6, 6.07) is 7.45. The van der Waals surface area contributed by atoms with Gasteiger partial charge < -0.3 is 0 Å². The van der Waals surface area contributed by atoms with E-state index in [0.717, 1.165) is 28.3 Å². The predicted molar refractivity (Wildman–Crippen MR) is 97.2 cm³/mol. The van der Waals surface area contributed by atoms with Crippen LogP contribution in [0, 0.1) is 37.8 Å². The molecule has 0 aliphatic rings. The first-order valence-electron chi connectivity index (χ1n) is 7.88. The third-order valence-electron chi connectivity index (χ3n) is 4.37. The maximum absolute atomic E-state index is 12.6. The van der Waals surface area contributed by atoms with Crippen molar-refractivity contribution in [2.24, 2.45) is 0 Å². The Morgan fingerprint density at radius 2 is 1.56 bits per heavy atom. The van der Waals surface area contributed by atoms with Crippen molar-refractivity contribution in [1.82, 2.24) is 4.72 Å². The highest BCUT2D eigenvalue weighted by Crippen LogP contribution is 2.26. The number of rotatable bonds is 5. The second-order valence-electron chi connectivity index (χ2n) is 6.34. The molecule has 0 radical (unpaired) electrons. The van der Waals surface area contributed by atoms with Crippen LogP contribution >= 0.6 is 0 Å². The molecule has 2 aromatic carbocycles. The minimum atomic E-state index is -3.87. The number of aryl methyl sites for hydroxylation is 4. The molecule has 7 heteroatoms. The summed E-state index contributed by atoms with van der Waals surface area (Å²) < 4.78 is 27.9. The van der Waals surface area contributed by atoms with E-state index in [1.54, 1.807) is 13.8 Å². The van der Waals surface area contributed by atoms with Gasteiger partial charge in [-0.3, -0.25) is 10.1 Å². The van der Waals surface area contributed by atoms with Crippen LogP contribution in [0.3, 0.4) is 0 Å². The van der Waals surface area contributed by atoms with Crippen molar-refractivity contribution in [1.29, 1.82) is 0 Å². The molecule has 0 aliphatic carbocycles. The van der Waals surface area contributed by atoms with Gasteiger partial charge in [-0.15, -0.1) is 0 Å². The fourth-order valence-electron chi connectivity index (χ4n) is 2.77. The summed E-state index contributed by atoms with van der Waals surface area (Å²) in [5.74, 6) is 0. The highest BCUT2D eigenvalue weighted by Gasteiger charge is 2.23. The molecule has 2 rings (SSSR count). The molecular weight excluding hydrogens is 340 g/mol. The van der Waals surface area contributed by atoms with Crippen LogP contribution in [0.5, 0.6) is 0 Å². The molecule has 2 aromatic rings. The third-order valence-corrected chi connectivity index (χ3v) is 5.91. The summed E-state index contributed by atoms with van der Waals surface area (Å²) in [5.41, 5.74) is 4.31. The Bertz CT molecular complexity index is 936. The van der Waals surface area contributed by atoms with E-state index in [9.17, 15) is 18.5 Å². The molecule has 0 heterocycles. The normalized spacial score (nSPS) is 12.8. The molecule has 134 valence electrons. The van der Waals surface area contributed by atoms with Crippen LogP contribution in [-0.4, -0.2) is 13.3 Å². The average Bonchev–Trinajstić information content (AvgIpc) is 2.50.